The molecule has 1 saturated carbocycles. The van der Waals surface area contributed by atoms with Crippen LogP contribution in [-0.2, 0) is 5.54 Å². The zero-order valence-corrected chi connectivity index (χ0v) is 9.30. The van der Waals surface area contributed by atoms with Crippen molar-refractivity contribution in [2.45, 2.75) is 38.1 Å². The first-order valence-corrected chi connectivity index (χ1v) is 5.48. The van der Waals surface area contributed by atoms with Crippen LogP contribution in [0.15, 0.2) is 24.3 Å². The van der Waals surface area contributed by atoms with Crippen molar-refractivity contribution in [1.82, 2.24) is 5.32 Å². The van der Waals surface area contributed by atoms with Crippen molar-refractivity contribution in [2.75, 3.05) is 7.05 Å². The van der Waals surface area contributed by atoms with Gasteiger partial charge in [-0.3, -0.25) is 0 Å². The van der Waals surface area contributed by atoms with Gasteiger partial charge in [0, 0.05) is 5.54 Å². The SMILES string of the molecule is CNC1(c2ccccc2C(C)C)CC1. The number of nitrogens with one attached hydrogen (secondary N) is 1. The van der Waals surface area contributed by atoms with Crippen LogP contribution in [0.25, 0.3) is 0 Å². The van der Waals surface area contributed by atoms with Gasteiger partial charge >= 0.3 is 0 Å². The Bertz CT molecular complexity index is 324. The third-order valence-electron chi connectivity index (χ3n) is 3.33. The summed E-state index contributed by atoms with van der Waals surface area (Å²) in [6.07, 6.45) is 2.57. The molecule has 0 aliphatic heterocycles. The first-order valence-electron chi connectivity index (χ1n) is 5.48. The van der Waals surface area contributed by atoms with E-state index in [2.05, 4.69) is 50.5 Å². The third-order valence-corrected chi connectivity index (χ3v) is 3.33. The third kappa shape index (κ3) is 1.46. The fraction of sp³-hybridized carbons (Fsp3) is 0.538. The van der Waals surface area contributed by atoms with Crippen molar-refractivity contribution >= 4 is 0 Å². The molecule has 0 radical (unpaired) electrons. The molecule has 76 valence electrons. The van der Waals surface area contributed by atoms with Gasteiger partial charge in [-0.1, -0.05) is 38.1 Å². The molecular weight excluding hydrogens is 170 g/mol. The van der Waals surface area contributed by atoms with Crippen LogP contribution in [0, 0.1) is 0 Å². The van der Waals surface area contributed by atoms with Crippen molar-refractivity contribution < 1.29 is 0 Å². The largest absolute Gasteiger partial charge is 0.310 e. The van der Waals surface area contributed by atoms with Gasteiger partial charge in [0.1, 0.15) is 0 Å². The zero-order chi connectivity index (χ0) is 10.2. The Balaban J connectivity index is 2.42. The van der Waals surface area contributed by atoms with E-state index in [1.54, 1.807) is 0 Å². The molecule has 0 bridgehead atoms. The van der Waals surface area contributed by atoms with Crippen LogP contribution >= 0.6 is 0 Å². The second kappa shape index (κ2) is 3.39. The van der Waals surface area contributed by atoms with E-state index in [0.29, 0.717) is 11.5 Å². The van der Waals surface area contributed by atoms with Crippen molar-refractivity contribution in [2.24, 2.45) is 0 Å². The van der Waals surface area contributed by atoms with Crippen LogP contribution in [0.2, 0.25) is 0 Å². The van der Waals surface area contributed by atoms with Crippen LogP contribution in [0.3, 0.4) is 0 Å². The van der Waals surface area contributed by atoms with Crippen molar-refractivity contribution in [3.05, 3.63) is 35.4 Å². The van der Waals surface area contributed by atoms with Crippen LogP contribution in [0.5, 0.6) is 0 Å². The molecule has 1 aromatic carbocycles. The van der Waals surface area contributed by atoms with Gasteiger partial charge in [-0.2, -0.15) is 0 Å². The monoisotopic (exact) mass is 189 g/mol. The highest BCUT2D eigenvalue weighted by Gasteiger charge is 2.43. The lowest BCUT2D eigenvalue weighted by Crippen LogP contribution is -2.26. The second-order valence-corrected chi connectivity index (χ2v) is 4.57. The molecule has 1 nitrogen and oxygen atoms in total. The molecule has 1 aliphatic rings. The quantitative estimate of drug-likeness (QED) is 0.770. The van der Waals surface area contributed by atoms with E-state index in [4.69, 9.17) is 0 Å². The molecule has 1 aromatic rings. The van der Waals surface area contributed by atoms with Gasteiger partial charge in [0.05, 0.1) is 0 Å². The zero-order valence-electron chi connectivity index (χ0n) is 9.30. The summed E-state index contributed by atoms with van der Waals surface area (Å²) in [6.45, 7) is 4.54. The van der Waals surface area contributed by atoms with Crippen LogP contribution in [-0.4, -0.2) is 7.05 Å². The van der Waals surface area contributed by atoms with E-state index < -0.39 is 0 Å². The minimum atomic E-state index is 0.306. The predicted octanol–water partition coefficient (Wildman–Crippen LogP) is 3.02. The Morgan fingerprint density at radius 3 is 2.36 bits per heavy atom. The maximum Gasteiger partial charge on any atom is 0.0436 e. The van der Waals surface area contributed by atoms with E-state index in [1.165, 1.54) is 24.0 Å². The molecule has 0 aromatic heterocycles. The molecule has 1 heteroatoms. The second-order valence-electron chi connectivity index (χ2n) is 4.57. The lowest BCUT2D eigenvalue weighted by atomic mass is 9.91. The number of hydrogen-bond acceptors (Lipinski definition) is 1. The average Bonchev–Trinajstić information content (AvgIpc) is 2.98. The average molecular weight is 189 g/mol. The summed E-state index contributed by atoms with van der Waals surface area (Å²) in [5.41, 5.74) is 3.32. The van der Waals surface area contributed by atoms with E-state index in [0.717, 1.165) is 0 Å². The molecule has 2 rings (SSSR count). The molecule has 1 N–H and O–H groups in total. The van der Waals surface area contributed by atoms with Crippen molar-refractivity contribution in [1.29, 1.82) is 0 Å². The van der Waals surface area contributed by atoms with Gasteiger partial charge in [-0.05, 0) is 36.9 Å². The minimum Gasteiger partial charge on any atom is -0.310 e. The number of rotatable bonds is 3. The predicted molar refractivity (Wildman–Crippen MR) is 60.5 cm³/mol. The minimum absolute atomic E-state index is 0.306. The molecule has 14 heavy (non-hydrogen) atoms. The van der Waals surface area contributed by atoms with Gasteiger partial charge in [0.2, 0.25) is 0 Å². The molecule has 1 aliphatic carbocycles. The Morgan fingerprint density at radius 2 is 1.86 bits per heavy atom. The first-order chi connectivity index (χ1) is 6.69. The van der Waals surface area contributed by atoms with Gasteiger partial charge in [-0.25, -0.2) is 0 Å². The van der Waals surface area contributed by atoms with E-state index in [9.17, 15) is 0 Å². The lowest BCUT2D eigenvalue weighted by Gasteiger charge is -2.20. The number of hydrogen-bond donors (Lipinski definition) is 1. The Morgan fingerprint density at radius 1 is 1.21 bits per heavy atom. The summed E-state index contributed by atoms with van der Waals surface area (Å²) in [7, 11) is 2.07. The Hall–Kier alpha value is -0.820. The van der Waals surface area contributed by atoms with E-state index in [-0.39, 0.29) is 0 Å². The summed E-state index contributed by atoms with van der Waals surface area (Å²) in [5.74, 6) is 0.622. The summed E-state index contributed by atoms with van der Waals surface area (Å²) in [6, 6.07) is 8.83. The van der Waals surface area contributed by atoms with E-state index in [1.807, 2.05) is 0 Å². The summed E-state index contributed by atoms with van der Waals surface area (Å²) >= 11 is 0. The van der Waals surface area contributed by atoms with Gasteiger partial charge < -0.3 is 5.32 Å². The molecule has 0 amide bonds. The van der Waals surface area contributed by atoms with Gasteiger partial charge in [-0.15, -0.1) is 0 Å². The maximum absolute atomic E-state index is 3.46. The van der Waals surface area contributed by atoms with Crippen molar-refractivity contribution in [3.63, 3.8) is 0 Å². The molecule has 0 spiro atoms. The lowest BCUT2D eigenvalue weighted by molar-refractivity contribution is 0.574. The number of benzene rings is 1. The topological polar surface area (TPSA) is 12.0 Å². The summed E-state index contributed by atoms with van der Waals surface area (Å²) in [5, 5.41) is 3.46. The molecule has 0 unspecified atom stereocenters. The highest BCUT2D eigenvalue weighted by Crippen LogP contribution is 2.47. The normalized spacial score (nSPS) is 18.6. The molecular formula is C13H19N. The summed E-state index contributed by atoms with van der Waals surface area (Å²) < 4.78 is 0. The first kappa shape index (κ1) is 9.72. The van der Waals surface area contributed by atoms with Crippen LogP contribution < -0.4 is 5.32 Å². The molecule has 0 heterocycles. The molecule has 0 atom stereocenters. The fourth-order valence-electron chi connectivity index (χ4n) is 2.22. The highest BCUT2D eigenvalue weighted by molar-refractivity contribution is 5.39. The van der Waals surface area contributed by atoms with Crippen LogP contribution in [0.4, 0.5) is 0 Å². The van der Waals surface area contributed by atoms with Gasteiger partial charge in [0.15, 0.2) is 0 Å². The van der Waals surface area contributed by atoms with Gasteiger partial charge in [0.25, 0.3) is 0 Å². The Kier molecular flexibility index (Phi) is 2.36. The molecule has 0 saturated heterocycles. The van der Waals surface area contributed by atoms with Crippen LogP contribution in [0.1, 0.15) is 43.7 Å². The standard InChI is InChI=1S/C13H19N/c1-10(2)11-6-4-5-7-12(11)13(14-3)8-9-13/h4-7,10,14H,8-9H2,1-3H3. The maximum atomic E-state index is 3.46. The Labute approximate surface area is 86.5 Å². The molecule has 1 fully saturated rings. The van der Waals surface area contributed by atoms with E-state index >= 15 is 0 Å². The summed E-state index contributed by atoms with van der Waals surface area (Å²) in [4.78, 5) is 0. The fourth-order valence-corrected chi connectivity index (χ4v) is 2.22. The highest BCUT2D eigenvalue weighted by atomic mass is 15.0. The smallest absolute Gasteiger partial charge is 0.0436 e. The van der Waals surface area contributed by atoms with Crippen molar-refractivity contribution in [3.8, 4) is 0 Å².